The molecule has 0 saturated carbocycles. The summed E-state index contributed by atoms with van der Waals surface area (Å²) in [6, 6.07) is 0. The van der Waals surface area contributed by atoms with E-state index in [0.717, 1.165) is 135 Å². The van der Waals surface area contributed by atoms with Crippen LogP contribution in [0.25, 0.3) is 0 Å². The average Bonchev–Trinajstić information content (AvgIpc) is 3.46. The van der Waals surface area contributed by atoms with Crippen LogP contribution in [-0.4, -0.2) is 37.2 Å². The quantitative estimate of drug-likeness (QED) is 0.0261. The van der Waals surface area contributed by atoms with Gasteiger partial charge in [0, 0.05) is 19.3 Å². The summed E-state index contributed by atoms with van der Waals surface area (Å²) in [5.41, 5.74) is 0. The van der Waals surface area contributed by atoms with Gasteiger partial charge in [0.15, 0.2) is 6.10 Å². The van der Waals surface area contributed by atoms with Crippen LogP contribution in [0.1, 0.15) is 323 Å². The van der Waals surface area contributed by atoms with Gasteiger partial charge >= 0.3 is 17.9 Å². The standard InChI is InChI=1S/C74H126O6/c1-4-7-10-13-16-19-22-25-28-31-34-35-36-37-38-39-41-43-46-49-52-55-58-61-64-67-73(76)79-70-71(69-78-72(75)66-63-60-57-54-51-48-45-42-33-30-27-24-21-18-15-12-9-6-3)80-74(77)68-65-62-59-56-53-50-47-44-40-32-29-26-23-20-17-14-11-8-5-2/h7-8,10-11,16-17,19-20,25-26,28-29,34-35,37-38,40,44,71H,4-6,9,12-15,18,21-24,27,30-33,36,39,41-43,45-70H2,1-3H3/b10-7-,11-8-,19-16-,20-17-,28-25-,29-26-,35-34-,38-37-,44-40-. The van der Waals surface area contributed by atoms with Crippen molar-refractivity contribution in [3.05, 3.63) is 109 Å². The van der Waals surface area contributed by atoms with Gasteiger partial charge in [0.25, 0.3) is 0 Å². The predicted octanol–water partition coefficient (Wildman–Crippen LogP) is 23.4. The lowest BCUT2D eigenvalue weighted by molar-refractivity contribution is -0.167. The highest BCUT2D eigenvalue weighted by Crippen LogP contribution is 2.17. The Labute approximate surface area is 495 Å². The van der Waals surface area contributed by atoms with Gasteiger partial charge in [-0.2, -0.15) is 0 Å². The van der Waals surface area contributed by atoms with E-state index in [1.807, 2.05) is 0 Å². The van der Waals surface area contributed by atoms with Crippen molar-refractivity contribution in [1.29, 1.82) is 0 Å². The van der Waals surface area contributed by atoms with Gasteiger partial charge in [-0.25, -0.2) is 0 Å². The zero-order chi connectivity index (χ0) is 57.8. The molecule has 0 aromatic rings. The normalized spacial score (nSPS) is 12.8. The lowest BCUT2D eigenvalue weighted by Crippen LogP contribution is -2.30. The van der Waals surface area contributed by atoms with Crippen LogP contribution in [0.2, 0.25) is 0 Å². The molecule has 80 heavy (non-hydrogen) atoms. The molecule has 0 aliphatic carbocycles. The van der Waals surface area contributed by atoms with Crippen LogP contribution in [0, 0.1) is 0 Å². The van der Waals surface area contributed by atoms with E-state index in [0.29, 0.717) is 19.3 Å². The van der Waals surface area contributed by atoms with Crippen molar-refractivity contribution < 1.29 is 28.6 Å². The molecule has 458 valence electrons. The van der Waals surface area contributed by atoms with Crippen molar-refractivity contribution in [1.82, 2.24) is 0 Å². The van der Waals surface area contributed by atoms with Crippen molar-refractivity contribution >= 4 is 17.9 Å². The molecule has 6 nitrogen and oxygen atoms in total. The van der Waals surface area contributed by atoms with E-state index in [2.05, 4.69) is 130 Å². The second-order valence-corrected chi connectivity index (χ2v) is 22.3. The van der Waals surface area contributed by atoms with Crippen molar-refractivity contribution in [3.63, 3.8) is 0 Å². The van der Waals surface area contributed by atoms with Gasteiger partial charge in [0.05, 0.1) is 0 Å². The molecule has 0 fully saturated rings. The van der Waals surface area contributed by atoms with Crippen LogP contribution in [0.15, 0.2) is 109 Å². The zero-order valence-corrected chi connectivity index (χ0v) is 52.6. The van der Waals surface area contributed by atoms with Crippen LogP contribution < -0.4 is 0 Å². The second-order valence-electron chi connectivity index (χ2n) is 22.3. The minimum atomic E-state index is -0.791. The SMILES string of the molecule is CC/C=C\C/C=C\C/C=C\C/C=C\C/C=C\CCCCCCCCCCCC(=O)OCC(COC(=O)CCCCCCCCCCCCCCCCCCCC)OC(=O)CCCCCCCC/C=C\C/C=C\C/C=C\C/C=C\CC. The third kappa shape index (κ3) is 64.9. The molecule has 0 aromatic carbocycles. The number of ether oxygens (including phenoxy) is 3. The summed E-state index contributed by atoms with van der Waals surface area (Å²) in [4.78, 5) is 38.4. The monoisotopic (exact) mass is 1110 g/mol. The molecule has 0 N–H and O–H groups in total. The van der Waals surface area contributed by atoms with Crippen molar-refractivity contribution in [3.8, 4) is 0 Å². The van der Waals surface area contributed by atoms with Gasteiger partial charge < -0.3 is 14.2 Å². The largest absolute Gasteiger partial charge is 0.462 e. The lowest BCUT2D eigenvalue weighted by atomic mass is 10.0. The predicted molar refractivity (Wildman–Crippen MR) is 348 cm³/mol. The van der Waals surface area contributed by atoms with Gasteiger partial charge in [0.1, 0.15) is 13.2 Å². The van der Waals surface area contributed by atoms with Gasteiger partial charge in [-0.1, -0.05) is 310 Å². The Morgan fingerprint density at radius 3 is 0.762 bits per heavy atom. The smallest absolute Gasteiger partial charge is 0.306 e. The van der Waals surface area contributed by atoms with Crippen LogP contribution in [-0.2, 0) is 28.6 Å². The third-order valence-electron chi connectivity index (χ3n) is 14.5. The number of unbranched alkanes of at least 4 members (excludes halogenated alkanes) is 32. The first-order valence-corrected chi connectivity index (χ1v) is 33.9. The highest BCUT2D eigenvalue weighted by atomic mass is 16.6. The van der Waals surface area contributed by atoms with Crippen LogP contribution in [0.3, 0.4) is 0 Å². The molecule has 0 spiro atoms. The Morgan fingerprint density at radius 2 is 0.487 bits per heavy atom. The molecule has 0 bridgehead atoms. The summed E-state index contributed by atoms with van der Waals surface area (Å²) in [6.07, 6.45) is 92.4. The van der Waals surface area contributed by atoms with Crippen molar-refractivity contribution in [2.75, 3.05) is 13.2 Å². The molecular weight excluding hydrogens is 985 g/mol. The molecule has 0 aliphatic rings. The number of carbonyl (C=O) groups excluding carboxylic acids is 3. The number of esters is 3. The Morgan fingerprint density at radius 1 is 0.263 bits per heavy atom. The number of hydrogen-bond acceptors (Lipinski definition) is 6. The number of carbonyl (C=O) groups is 3. The zero-order valence-electron chi connectivity index (χ0n) is 52.6. The molecule has 1 atom stereocenters. The summed E-state index contributed by atoms with van der Waals surface area (Å²) in [6.45, 7) is 6.44. The van der Waals surface area contributed by atoms with Gasteiger partial charge in [0.2, 0.25) is 0 Å². The fourth-order valence-electron chi connectivity index (χ4n) is 9.52. The number of rotatable bonds is 61. The van der Waals surface area contributed by atoms with E-state index in [1.165, 1.54) is 148 Å². The molecule has 0 radical (unpaired) electrons. The first kappa shape index (κ1) is 76.1. The summed E-state index contributed by atoms with van der Waals surface area (Å²) >= 11 is 0. The van der Waals surface area contributed by atoms with Crippen LogP contribution in [0.4, 0.5) is 0 Å². The highest BCUT2D eigenvalue weighted by molar-refractivity contribution is 5.71. The van der Waals surface area contributed by atoms with Gasteiger partial charge in [-0.15, -0.1) is 0 Å². The summed E-state index contributed by atoms with van der Waals surface area (Å²) in [7, 11) is 0. The van der Waals surface area contributed by atoms with Crippen LogP contribution >= 0.6 is 0 Å². The number of allylic oxidation sites excluding steroid dienone is 18. The summed E-state index contributed by atoms with van der Waals surface area (Å²) in [5.74, 6) is -0.891. The minimum absolute atomic E-state index is 0.0838. The van der Waals surface area contributed by atoms with Gasteiger partial charge in [-0.05, 0) is 103 Å². The lowest BCUT2D eigenvalue weighted by Gasteiger charge is -2.18. The van der Waals surface area contributed by atoms with E-state index in [1.54, 1.807) is 0 Å². The third-order valence-corrected chi connectivity index (χ3v) is 14.5. The second kappa shape index (κ2) is 67.6. The molecule has 0 amide bonds. The maximum Gasteiger partial charge on any atom is 0.306 e. The number of hydrogen-bond donors (Lipinski definition) is 0. The van der Waals surface area contributed by atoms with Crippen LogP contribution in [0.5, 0.6) is 0 Å². The van der Waals surface area contributed by atoms with E-state index in [4.69, 9.17) is 14.2 Å². The van der Waals surface area contributed by atoms with Crippen molar-refractivity contribution in [2.45, 2.75) is 329 Å². The Balaban J connectivity index is 4.39. The maximum absolute atomic E-state index is 12.9. The Hall–Kier alpha value is -3.93. The minimum Gasteiger partial charge on any atom is -0.462 e. The van der Waals surface area contributed by atoms with E-state index in [-0.39, 0.29) is 31.1 Å². The van der Waals surface area contributed by atoms with E-state index in [9.17, 15) is 14.4 Å². The summed E-state index contributed by atoms with van der Waals surface area (Å²) < 4.78 is 17.0. The van der Waals surface area contributed by atoms with Crippen molar-refractivity contribution in [2.24, 2.45) is 0 Å². The first-order chi connectivity index (χ1) is 39.5. The van der Waals surface area contributed by atoms with E-state index < -0.39 is 6.10 Å². The Kier molecular flexibility index (Phi) is 64.3. The molecular formula is C74H126O6. The molecule has 0 rings (SSSR count). The molecule has 0 aromatic heterocycles. The fraction of sp³-hybridized carbons (Fsp3) is 0.716. The summed E-state index contributed by atoms with van der Waals surface area (Å²) in [5, 5.41) is 0. The Bertz CT molecular complexity index is 1610. The highest BCUT2D eigenvalue weighted by Gasteiger charge is 2.19. The average molecular weight is 1110 g/mol. The molecule has 0 saturated heterocycles. The molecule has 1 unspecified atom stereocenters. The van der Waals surface area contributed by atoms with Gasteiger partial charge in [-0.3, -0.25) is 14.4 Å². The molecule has 0 heterocycles. The molecule has 6 heteroatoms. The fourth-order valence-corrected chi connectivity index (χ4v) is 9.52. The topological polar surface area (TPSA) is 78.9 Å². The maximum atomic E-state index is 12.9. The molecule has 0 aliphatic heterocycles. The first-order valence-electron chi connectivity index (χ1n) is 33.9. The van der Waals surface area contributed by atoms with E-state index >= 15 is 0 Å².